The Bertz CT molecular complexity index is 123. The zero-order chi connectivity index (χ0) is 10.8. The maximum atomic E-state index is 9.89. The molecule has 1 unspecified atom stereocenters. The fraction of sp³-hybridized carbons (Fsp3) is 0.846. The van der Waals surface area contributed by atoms with Crippen molar-refractivity contribution in [3.8, 4) is 0 Å². The van der Waals surface area contributed by atoms with Gasteiger partial charge in [-0.15, -0.1) is 6.58 Å². The van der Waals surface area contributed by atoms with Crippen molar-refractivity contribution in [2.45, 2.75) is 64.9 Å². The minimum Gasteiger partial charge on any atom is -0.393 e. The normalized spacial score (nSPS) is 13.1. The first-order valence-electron chi connectivity index (χ1n) is 6.05. The molecule has 0 saturated heterocycles. The van der Waals surface area contributed by atoms with E-state index < -0.39 is 0 Å². The molecule has 0 amide bonds. The van der Waals surface area contributed by atoms with Gasteiger partial charge in [-0.25, -0.2) is 0 Å². The van der Waals surface area contributed by atoms with Gasteiger partial charge in [0.05, 0.1) is 6.10 Å². The van der Waals surface area contributed by atoms with Crippen LogP contribution in [0.5, 0.6) is 0 Å². The molecule has 0 aliphatic rings. The number of aliphatic hydroxyl groups excluding tert-OH is 1. The number of aliphatic hydroxyl groups is 1. The predicted molar refractivity (Wildman–Crippen MR) is 63.4 cm³/mol. The van der Waals surface area contributed by atoms with Crippen LogP contribution in [-0.2, 0) is 0 Å². The molecule has 0 aromatic rings. The Morgan fingerprint density at radius 1 is 1.14 bits per heavy atom. The summed E-state index contributed by atoms with van der Waals surface area (Å²) in [6.45, 7) is 8.09. The highest BCUT2D eigenvalue weighted by Crippen LogP contribution is 2.21. The highest BCUT2D eigenvalue weighted by molar-refractivity contribution is 4.77. The van der Waals surface area contributed by atoms with Gasteiger partial charge in [-0.2, -0.15) is 0 Å². The van der Waals surface area contributed by atoms with Gasteiger partial charge in [0, 0.05) is 0 Å². The van der Waals surface area contributed by atoms with E-state index in [2.05, 4.69) is 20.4 Å². The zero-order valence-corrected chi connectivity index (χ0v) is 9.84. The smallest absolute Gasteiger partial charge is 0.0602 e. The third kappa shape index (κ3) is 6.20. The summed E-state index contributed by atoms with van der Waals surface area (Å²) in [4.78, 5) is 0. The monoisotopic (exact) mass is 198 g/mol. The van der Waals surface area contributed by atoms with Gasteiger partial charge < -0.3 is 5.11 Å². The highest BCUT2D eigenvalue weighted by atomic mass is 16.3. The second-order valence-electron chi connectivity index (χ2n) is 4.14. The van der Waals surface area contributed by atoms with E-state index in [1.807, 2.05) is 6.08 Å². The van der Waals surface area contributed by atoms with Gasteiger partial charge in [-0.05, 0) is 25.2 Å². The van der Waals surface area contributed by atoms with Crippen LogP contribution in [-0.4, -0.2) is 11.2 Å². The fourth-order valence-electron chi connectivity index (χ4n) is 1.82. The second-order valence-corrected chi connectivity index (χ2v) is 4.14. The summed E-state index contributed by atoms with van der Waals surface area (Å²) >= 11 is 0. The van der Waals surface area contributed by atoms with E-state index in [9.17, 15) is 5.11 Å². The molecule has 0 radical (unpaired) electrons. The van der Waals surface area contributed by atoms with Gasteiger partial charge in [0.15, 0.2) is 0 Å². The van der Waals surface area contributed by atoms with Gasteiger partial charge in [0.25, 0.3) is 0 Å². The summed E-state index contributed by atoms with van der Waals surface area (Å²) in [5.74, 6) is 0.493. The van der Waals surface area contributed by atoms with Crippen molar-refractivity contribution >= 4 is 0 Å². The molecule has 0 aromatic heterocycles. The minimum atomic E-state index is -0.161. The number of unbranched alkanes of at least 4 members (excludes halogenated alkanes) is 2. The molecule has 1 N–H and O–H groups in total. The molecule has 1 nitrogen and oxygen atoms in total. The van der Waals surface area contributed by atoms with Crippen LogP contribution in [0, 0.1) is 5.92 Å². The standard InChI is InChI=1S/C13H26O/c1-4-7-10-12(11-8-5-2)13(14)9-6-3/h6,12-14H,3-5,7-11H2,1-2H3. The Labute approximate surface area is 89.2 Å². The molecular weight excluding hydrogens is 172 g/mol. The lowest BCUT2D eigenvalue weighted by Gasteiger charge is -2.21. The van der Waals surface area contributed by atoms with Crippen LogP contribution >= 0.6 is 0 Å². The van der Waals surface area contributed by atoms with Crippen LogP contribution in [0.1, 0.15) is 58.8 Å². The molecule has 0 rings (SSSR count). The molecule has 0 spiro atoms. The summed E-state index contributed by atoms with van der Waals surface area (Å²) in [6, 6.07) is 0. The van der Waals surface area contributed by atoms with E-state index in [1.165, 1.54) is 38.5 Å². The largest absolute Gasteiger partial charge is 0.393 e. The summed E-state index contributed by atoms with van der Waals surface area (Å²) in [7, 11) is 0. The van der Waals surface area contributed by atoms with E-state index in [4.69, 9.17) is 0 Å². The summed E-state index contributed by atoms with van der Waals surface area (Å²) in [6.07, 6.45) is 9.69. The molecule has 0 heterocycles. The van der Waals surface area contributed by atoms with Crippen LogP contribution in [0.3, 0.4) is 0 Å². The van der Waals surface area contributed by atoms with Crippen molar-refractivity contribution in [1.82, 2.24) is 0 Å². The van der Waals surface area contributed by atoms with Crippen LogP contribution in [0.25, 0.3) is 0 Å². The van der Waals surface area contributed by atoms with Crippen LogP contribution in [0.4, 0.5) is 0 Å². The minimum absolute atomic E-state index is 0.161. The first-order chi connectivity index (χ1) is 6.76. The first kappa shape index (κ1) is 13.7. The lowest BCUT2D eigenvalue weighted by atomic mass is 9.89. The number of hydrogen-bond acceptors (Lipinski definition) is 1. The molecule has 1 atom stereocenters. The second kappa shape index (κ2) is 9.26. The average Bonchev–Trinajstić information content (AvgIpc) is 2.18. The van der Waals surface area contributed by atoms with E-state index >= 15 is 0 Å². The Balaban J connectivity index is 3.86. The summed E-state index contributed by atoms with van der Waals surface area (Å²) < 4.78 is 0. The molecular formula is C13H26O. The van der Waals surface area contributed by atoms with Crippen molar-refractivity contribution in [1.29, 1.82) is 0 Å². The maximum absolute atomic E-state index is 9.89. The number of rotatable bonds is 9. The van der Waals surface area contributed by atoms with Gasteiger partial charge in [-0.3, -0.25) is 0 Å². The van der Waals surface area contributed by atoms with Crippen molar-refractivity contribution in [2.24, 2.45) is 5.92 Å². The van der Waals surface area contributed by atoms with Gasteiger partial charge in [-0.1, -0.05) is 45.6 Å². The topological polar surface area (TPSA) is 20.2 Å². The summed E-state index contributed by atoms with van der Waals surface area (Å²) in [5.41, 5.74) is 0. The molecule has 0 aliphatic carbocycles. The number of hydrogen-bond donors (Lipinski definition) is 1. The Kier molecular flexibility index (Phi) is 9.06. The zero-order valence-electron chi connectivity index (χ0n) is 9.84. The van der Waals surface area contributed by atoms with Crippen LogP contribution < -0.4 is 0 Å². The Morgan fingerprint density at radius 3 is 2.00 bits per heavy atom. The molecule has 0 fully saturated rings. The van der Waals surface area contributed by atoms with Crippen molar-refractivity contribution < 1.29 is 5.11 Å². The van der Waals surface area contributed by atoms with E-state index in [-0.39, 0.29) is 6.10 Å². The van der Waals surface area contributed by atoms with E-state index in [0.29, 0.717) is 5.92 Å². The quantitative estimate of drug-likeness (QED) is 0.557. The molecule has 84 valence electrons. The summed E-state index contributed by atoms with van der Waals surface area (Å²) in [5, 5.41) is 9.89. The average molecular weight is 198 g/mol. The molecule has 0 bridgehead atoms. The lowest BCUT2D eigenvalue weighted by Crippen LogP contribution is -2.19. The van der Waals surface area contributed by atoms with E-state index in [1.54, 1.807) is 0 Å². The predicted octanol–water partition coefficient (Wildman–Crippen LogP) is 3.92. The SMILES string of the molecule is C=CCC(O)C(CCCC)CCCC. The van der Waals surface area contributed by atoms with Crippen molar-refractivity contribution in [2.75, 3.05) is 0 Å². The maximum Gasteiger partial charge on any atom is 0.0602 e. The van der Waals surface area contributed by atoms with E-state index in [0.717, 1.165) is 6.42 Å². The lowest BCUT2D eigenvalue weighted by molar-refractivity contribution is 0.0970. The molecule has 1 heteroatoms. The van der Waals surface area contributed by atoms with Crippen molar-refractivity contribution in [3.05, 3.63) is 12.7 Å². The van der Waals surface area contributed by atoms with Crippen LogP contribution in [0.2, 0.25) is 0 Å². The highest BCUT2D eigenvalue weighted by Gasteiger charge is 2.16. The third-order valence-corrected chi connectivity index (χ3v) is 2.81. The van der Waals surface area contributed by atoms with Gasteiger partial charge >= 0.3 is 0 Å². The fourth-order valence-corrected chi connectivity index (χ4v) is 1.82. The van der Waals surface area contributed by atoms with Gasteiger partial charge in [0.1, 0.15) is 0 Å². The Morgan fingerprint density at radius 2 is 1.64 bits per heavy atom. The molecule has 0 aromatic carbocycles. The third-order valence-electron chi connectivity index (χ3n) is 2.81. The van der Waals surface area contributed by atoms with Crippen molar-refractivity contribution in [3.63, 3.8) is 0 Å². The Hall–Kier alpha value is -0.300. The molecule has 14 heavy (non-hydrogen) atoms. The van der Waals surface area contributed by atoms with Crippen LogP contribution in [0.15, 0.2) is 12.7 Å². The first-order valence-corrected chi connectivity index (χ1v) is 6.05. The molecule has 0 saturated carbocycles. The van der Waals surface area contributed by atoms with Gasteiger partial charge in [0.2, 0.25) is 0 Å². The molecule has 0 aliphatic heterocycles.